The van der Waals surface area contributed by atoms with Gasteiger partial charge in [-0.05, 0) is 81.2 Å². The summed E-state index contributed by atoms with van der Waals surface area (Å²) in [4.78, 5) is 17.0. The number of thiocarbonyl (C=S) groups is 1. The van der Waals surface area contributed by atoms with Crippen molar-refractivity contribution in [3.63, 3.8) is 0 Å². The number of rotatable bonds is 4. The molecule has 7 nitrogen and oxygen atoms in total. The zero-order valence-electron chi connectivity index (χ0n) is 16.6. The Kier molecular flexibility index (Phi) is 7.47. The number of hydrogen-bond acceptors (Lipinski definition) is 5. The number of nitrogens with one attached hydrogen (secondary N) is 2. The van der Waals surface area contributed by atoms with Gasteiger partial charge in [0.15, 0.2) is 5.11 Å². The monoisotopic (exact) mass is 405 g/mol. The molecule has 3 rings (SSSR count). The van der Waals surface area contributed by atoms with Gasteiger partial charge < -0.3 is 25.3 Å². The SMILES string of the molecule is CCc1cc(OC(=O)N2CCC(N3CCCCC3)CC2)ccc1NC(=S)NN. The Morgan fingerprint density at radius 3 is 2.57 bits per heavy atom. The molecule has 8 heteroatoms. The molecule has 0 bridgehead atoms. The summed E-state index contributed by atoms with van der Waals surface area (Å²) in [5, 5.41) is 3.37. The number of anilines is 1. The van der Waals surface area contributed by atoms with Gasteiger partial charge in [0.25, 0.3) is 0 Å². The largest absolute Gasteiger partial charge is 0.415 e. The number of carbonyl (C=O) groups excluding carboxylic acids is 1. The molecule has 2 saturated heterocycles. The molecule has 2 aliphatic heterocycles. The van der Waals surface area contributed by atoms with Crippen molar-refractivity contribution in [3.8, 4) is 5.75 Å². The van der Waals surface area contributed by atoms with Gasteiger partial charge in [0, 0.05) is 24.8 Å². The van der Waals surface area contributed by atoms with Crippen LogP contribution in [0.4, 0.5) is 10.5 Å². The number of likely N-dealkylation sites (tertiary alicyclic amines) is 2. The molecule has 1 amide bonds. The second-order valence-corrected chi connectivity index (χ2v) is 7.86. The van der Waals surface area contributed by atoms with E-state index in [1.54, 1.807) is 6.07 Å². The van der Waals surface area contributed by atoms with Crippen LogP contribution in [0.3, 0.4) is 0 Å². The number of nitrogens with two attached hydrogens (primary N) is 1. The van der Waals surface area contributed by atoms with E-state index >= 15 is 0 Å². The Hall–Kier alpha value is -1.90. The highest BCUT2D eigenvalue weighted by atomic mass is 32.1. The standard InChI is InChI=1S/C20H31N5O2S/c1-2-15-14-17(6-7-18(15)22-19(28)23-21)27-20(26)25-12-8-16(9-13-25)24-10-4-3-5-11-24/h6-7,14,16H,2-5,8-13,21H2,1H3,(H2,22,23,28). The Morgan fingerprint density at radius 1 is 1.21 bits per heavy atom. The Bertz CT molecular complexity index is 685. The van der Waals surface area contributed by atoms with Gasteiger partial charge in [-0.1, -0.05) is 13.3 Å². The van der Waals surface area contributed by atoms with Gasteiger partial charge in [-0.25, -0.2) is 10.6 Å². The fourth-order valence-corrected chi connectivity index (χ4v) is 4.18. The lowest BCUT2D eigenvalue weighted by molar-refractivity contribution is 0.0878. The van der Waals surface area contributed by atoms with Gasteiger partial charge in [0.1, 0.15) is 5.75 Å². The van der Waals surface area contributed by atoms with E-state index in [2.05, 4.69) is 15.6 Å². The molecular weight excluding hydrogens is 374 g/mol. The van der Waals surface area contributed by atoms with Crippen LogP contribution in [-0.2, 0) is 6.42 Å². The second kappa shape index (κ2) is 10.0. The lowest BCUT2D eigenvalue weighted by Crippen LogP contribution is -2.48. The van der Waals surface area contributed by atoms with Crippen LogP contribution < -0.4 is 21.3 Å². The summed E-state index contributed by atoms with van der Waals surface area (Å²) in [6, 6.07) is 6.12. The average molecular weight is 406 g/mol. The number of ether oxygens (including phenoxy) is 1. The summed E-state index contributed by atoms with van der Waals surface area (Å²) in [5.41, 5.74) is 4.27. The van der Waals surface area contributed by atoms with Gasteiger partial charge in [0.05, 0.1) is 0 Å². The van der Waals surface area contributed by atoms with E-state index in [0.29, 0.717) is 16.9 Å². The average Bonchev–Trinajstić information content (AvgIpc) is 2.75. The Morgan fingerprint density at radius 2 is 1.93 bits per heavy atom. The molecule has 2 fully saturated rings. The van der Waals surface area contributed by atoms with E-state index in [0.717, 1.165) is 43.6 Å². The van der Waals surface area contributed by atoms with E-state index in [9.17, 15) is 4.79 Å². The van der Waals surface area contributed by atoms with Crippen LogP contribution in [0.2, 0.25) is 0 Å². The third kappa shape index (κ3) is 5.33. The summed E-state index contributed by atoms with van der Waals surface area (Å²) in [6.07, 6.45) is 6.53. The fourth-order valence-electron chi connectivity index (χ4n) is 4.07. The number of hydrazine groups is 1. The number of hydrogen-bond donors (Lipinski definition) is 3. The molecule has 0 radical (unpaired) electrons. The lowest BCUT2D eigenvalue weighted by atomic mass is 10.0. The molecule has 0 aliphatic carbocycles. The first kappa shape index (κ1) is 20.8. The zero-order valence-corrected chi connectivity index (χ0v) is 17.4. The first-order valence-corrected chi connectivity index (χ1v) is 10.6. The van der Waals surface area contributed by atoms with E-state index in [-0.39, 0.29) is 6.09 Å². The number of carbonyl (C=O) groups is 1. The van der Waals surface area contributed by atoms with E-state index < -0.39 is 0 Å². The van der Waals surface area contributed by atoms with Crippen molar-refractivity contribution >= 4 is 29.1 Å². The van der Waals surface area contributed by atoms with Crippen LogP contribution in [0.15, 0.2) is 18.2 Å². The summed E-state index contributed by atoms with van der Waals surface area (Å²) < 4.78 is 5.64. The summed E-state index contributed by atoms with van der Waals surface area (Å²) in [7, 11) is 0. The summed E-state index contributed by atoms with van der Waals surface area (Å²) >= 11 is 5.05. The van der Waals surface area contributed by atoms with E-state index in [4.69, 9.17) is 22.8 Å². The maximum Gasteiger partial charge on any atom is 0.415 e. The molecule has 0 unspecified atom stereocenters. The first-order valence-electron chi connectivity index (χ1n) is 10.2. The van der Waals surface area contributed by atoms with Crippen molar-refractivity contribution in [1.82, 2.24) is 15.2 Å². The molecule has 0 aromatic heterocycles. The smallest absolute Gasteiger partial charge is 0.410 e. The van der Waals surface area contributed by atoms with Crippen molar-refractivity contribution in [2.24, 2.45) is 5.84 Å². The van der Waals surface area contributed by atoms with Crippen molar-refractivity contribution in [2.75, 3.05) is 31.5 Å². The van der Waals surface area contributed by atoms with Crippen LogP contribution in [0, 0.1) is 0 Å². The quantitative estimate of drug-likeness (QED) is 0.404. The highest BCUT2D eigenvalue weighted by Crippen LogP contribution is 2.25. The molecule has 2 heterocycles. The zero-order chi connectivity index (χ0) is 19.9. The predicted molar refractivity (Wildman–Crippen MR) is 115 cm³/mol. The lowest BCUT2D eigenvalue weighted by Gasteiger charge is -2.39. The molecule has 28 heavy (non-hydrogen) atoms. The van der Waals surface area contributed by atoms with Crippen molar-refractivity contribution in [1.29, 1.82) is 0 Å². The van der Waals surface area contributed by atoms with Gasteiger partial charge in [-0.3, -0.25) is 0 Å². The Labute approximate surface area is 172 Å². The third-order valence-corrected chi connectivity index (χ3v) is 5.89. The topological polar surface area (TPSA) is 82.9 Å². The van der Waals surface area contributed by atoms with Gasteiger partial charge in [-0.2, -0.15) is 0 Å². The highest BCUT2D eigenvalue weighted by molar-refractivity contribution is 7.80. The van der Waals surface area contributed by atoms with Crippen molar-refractivity contribution < 1.29 is 9.53 Å². The van der Waals surface area contributed by atoms with Crippen LogP contribution >= 0.6 is 12.2 Å². The molecule has 1 aromatic carbocycles. The number of aryl methyl sites for hydroxylation is 1. The molecule has 0 spiro atoms. The third-order valence-electron chi connectivity index (χ3n) is 5.67. The molecule has 4 N–H and O–H groups in total. The van der Waals surface area contributed by atoms with Crippen molar-refractivity contribution in [2.45, 2.75) is 51.5 Å². The summed E-state index contributed by atoms with van der Waals surface area (Å²) in [6.45, 7) is 5.97. The van der Waals surface area contributed by atoms with Crippen LogP contribution in [-0.4, -0.2) is 53.2 Å². The minimum atomic E-state index is -0.265. The highest BCUT2D eigenvalue weighted by Gasteiger charge is 2.28. The molecule has 0 saturated carbocycles. The number of nitrogens with zero attached hydrogens (tertiary/aromatic N) is 2. The minimum Gasteiger partial charge on any atom is -0.410 e. The van der Waals surface area contributed by atoms with Crippen LogP contribution in [0.25, 0.3) is 0 Å². The predicted octanol–water partition coefficient (Wildman–Crippen LogP) is 2.86. The van der Waals surface area contributed by atoms with Gasteiger partial charge >= 0.3 is 6.09 Å². The minimum absolute atomic E-state index is 0.265. The number of amides is 1. The van der Waals surface area contributed by atoms with E-state index in [1.807, 2.05) is 24.0 Å². The number of benzene rings is 1. The van der Waals surface area contributed by atoms with Gasteiger partial charge in [-0.15, -0.1) is 0 Å². The summed E-state index contributed by atoms with van der Waals surface area (Å²) in [5.74, 6) is 5.87. The van der Waals surface area contributed by atoms with Crippen LogP contribution in [0.1, 0.15) is 44.6 Å². The maximum absolute atomic E-state index is 12.6. The maximum atomic E-state index is 12.6. The van der Waals surface area contributed by atoms with E-state index in [1.165, 1.54) is 32.4 Å². The Balaban J connectivity index is 1.54. The molecule has 2 aliphatic rings. The molecule has 1 aromatic rings. The number of piperidine rings is 2. The fraction of sp³-hybridized carbons (Fsp3) is 0.600. The molecule has 154 valence electrons. The first-order chi connectivity index (χ1) is 13.6. The molecular formula is C20H31N5O2S. The molecule has 0 atom stereocenters. The second-order valence-electron chi connectivity index (χ2n) is 7.45. The van der Waals surface area contributed by atoms with Gasteiger partial charge in [0.2, 0.25) is 0 Å². The normalized spacial score (nSPS) is 18.6. The van der Waals surface area contributed by atoms with Crippen LogP contribution in [0.5, 0.6) is 5.75 Å². The van der Waals surface area contributed by atoms with Crippen molar-refractivity contribution in [3.05, 3.63) is 23.8 Å².